The lowest BCUT2D eigenvalue weighted by Crippen LogP contribution is -2.13. The van der Waals surface area contributed by atoms with Gasteiger partial charge < -0.3 is 9.80 Å². The second-order valence-electron chi connectivity index (χ2n) is 14.0. The van der Waals surface area contributed by atoms with Crippen molar-refractivity contribution in [3.8, 4) is 22.3 Å². The molecule has 0 heterocycles. The molecule has 0 atom stereocenters. The first-order valence-corrected chi connectivity index (χ1v) is 21.7. The number of rotatable bonds is 12. The van der Waals surface area contributed by atoms with E-state index in [1.165, 1.54) is 32.0 Å². The van der Waals surface area contributed by atoms with E-state index in [0.29, 0.717) is 0 Å². The zero-order valence-electron chi connectivity index (χ0n) is 35.7. The minimum atomic E-state index is 1.07. The van der Waals surface area contributed by atoms with Gasteiger partial charge in [0.25, 0.3) is 0 Å². The van der Waals surface area contributed by atoms with Crippen LogP contribution in [0.25, 0.3) is 22.3 Å². The molecule has 0 aliphatic carbocycles. The zero-order chi connectivity index (χ0) is 42.8. The number of allylic oxidation sites excluding steroid dienone is 4. The first kappa shape index (κ1) is 43.5. The lowest BCUT2D eigenvalue weighted by atomic mass is 9.90. The number of hydrogen-bond donors (Lipinski definition) is 0. The molecule has 0 unspecified atom stereocenters. The van der Waals surface area contributed by atoms with Gasteiger partial charge in [0.05, 0.1) is 0 Å². The molecule has 2 nitrogen and oxygen atoms in total. The summed E-state index contributed by atoms with van der Waals surface area (Å²) in [7, 11) is 0. The topological polar surface area (TPSA) is 6.48 Å². The summed E-state index contributed by atoms with van der Waals surface area (Å²) < 4.78 is 0. The van der Waals surface area contributed by atoms with Crippen LogP contribution < -0.4 is 9.80 Å². The SMILES string of the molecule is C=C/C=C(/C)C=C.CC.Cc1cccc(-c2cc(N(c3ccccc3)c3ccccc3)cc(N(c3ccccc3)c3ccccc3)c2)c1-c1ccccc1Sc1ccccc1. The van der Waals surface area contributed by atoms with E-state index in [0.717, 1.165) is 45.3 Å². The van der Waals surface area contributed by atoms with Gasteiger partial charge in [0.2, 0.25) is 0 Å². The van der Waals surface area contributed by atoms with Crippen LogP contribution in [0, 0.1) is 6.92 Å². The summed E-state index contributed by atoms with van der Waals surface area (Å²) in [6.07, 6.45) is 5.45. The third-order valence-electron chi connectivity index (χ3n) is 9.89. The summed E-state index contributed by atoms with van der Waals surface area (Å²) in [5, 5.41) is 0. The molecule has 0 spiro atoms. The van der Waals surface area contributed by atoms with Gasteiger partial charge in [-0.2, -0.15) is 0 Å². The van der Waals surface area contributed by atoms with E-state index >= 15 is 0 Å². The van der Waals surface area contributed by atoms with Gasteiger partial charge in [0, 0.05) is 43.9 Å². The molecule has 0 saturated carbocycles. The molecule has 0 aliphatic rings. The summed E-state index contributed by atoms with van der Waals surface area (Å²) in [5.41, 5.74) is 13.7. The van der Waals surface area contributed by atoms with Crippen LogP contribution in [0.15, 0.2) is 259 Å². The van der Waals surface area contributed by atoms with Crippen LogP contribution in [-0.4, -0.2) is 0 Å². The van der Waals surface area contributed by atoms with Gasteiger partial charge in [-0.05, 0) is 127 Å². The maximum absolute atomic E-state index is 3.56. The van der Waals surface area contributed by atoms with Crippen molar-refractivity contribution in [1.82, 2.24) is 0 Å². The Morgan fingerprint density at radius 3 is 1.30 bits per heavy atom. The molecule has 8 rings (SSSR count). The average Bonchev–Trinajstić information content (AvgIpc) is 3.32. The van der Waals surface area contributed by atoms with E-state index in [1.807, 2.05) is 38.6 Å². The predicted octanol–water partition coefficient (Wildman–Crippen LogP) is 17.8. The summed E-state index contributed by atoms with van der Waals surface area (Å²) >= 11 is 1.81. The molecule has 61 heavy (non-hydrogen) atoms. The van der Waals surface area contributed by atoms with Crippen LogP contribution in [0.1, 0.15) is 26.3 Å². The first-order chi connectivity index (χ1) is 30.0. The van der Waals surface area contributed by atoms with Crippen molar-refractivity contribution < 1.29 is 0 Å². The van der Waals surface area contributed by atoms with E-state index in [2.05, 4.69) is 242 Å². The Balaban J connectivity index is 0.000000630. The number of benzene rings is 8. The lowest BCUT2D eigenvalue weighted by molar-refractivity contribution is 1.25. The van der Waals surface area contributed by atoms with Gasteiger partial charge in [-0.25, -0.2) is 0 Å². The van der Waals surface area contributed by atoms with Gasteiger partial charge in [-0.15, -0.1) is 0 Å². The van der Waals surface area contributed by atoms with Crippen molar-refractivity contribution in [2.24, 2.45) is 0 Å². The van der Waals surface area contributed by atoms with Crippen LogP contribution in [-0.2, 0) is 0 Å². The minimum Gasteiger partial charge on any atom is -0.310 e. The molecule has 0 aromatic heterocycles. The van der Waals surface area contributed by atoms with E-state index in [-0.39, 0.29) is 0 Å². The zero-order valence-corrected chi connectivity index (χ0v) is 36.5. The Labute approximate surface area is 368 Å². The van der Waals surface area contributed by atoms with Crippen LogP contribution in [0.4, 0.5) is 34.1 Å². The fourth-order valence-electron chi connectivity index (χ4n) is 7.11. The Kier molecular flexibility index (Phi) is 15.9. The van der Waals surface area contributed by atoms with Crippen molar-refractivity contribution in [3.63, 3.8) is 0 Å². The Bertz CT molecular complexity index is 2440. The minimum absolute atomic E-state index is 1.07. The van der Waals surface area contributed by atoms with Crippen molar-refractivity contribution in [2.45, 2.75) is 37.5 Å². The molecule has 8 aromatic carbocycles. The maximum Gasteiger partial charge on any atom is 0.0488 e. The highest BCUT2D eigenvalue weighted by molar-refractivity contribution is 7.99. The van der Waals surface area contributed by atoms with E-state index < -0.39 is 0 Å². The summed E-state index contributed by atoms with van der Waals surface area (Å²) in [6, 6.07) is 75.8. The number of hydrogen-bond acceptors (Lipinski definition) is 3. The highest BCUT2D eigenvalue weighted by Crippen LogP contribution is 2.46. The Morgan fingerprint density at radius 1 is 0.459 bits per heavy atom. The molecule has 0 saturated heterocycles. The summed E-state index contributed by atoms with van der Waals surface area (Å²) in [6.45, 7) is 15.3. The lowest BCUT2D eigenvalue weighted by Gasteiger charge is -2.30. The van der Waals surface area contributed by atoms with Crippen molar-refractivity contribution in [1.29, 1.82) is 0 Å². The number of aryl methyl sites for hydroxylation is 1. The third-order valence-corrected chi connectivity index (χ3v) is 11.0. The third kappa shape index (κ3) is 11.2. The smallest absolute Gasteiger partial charge is 0.0488 e. The Morgan fingerprint density at radius 2 is 0.869 bits per heavy atom. The molecule has 0 bridgehead atoms. The quantitative estimate of drug-likeness (QED) is 0.114. The second-order valence-corrected chi connectivity index (χ2v) is 15.1. The summed E-state index contributed by atoms with van der Waals surface area (Å²) in [4.78, 5) is 7.16. The number of nitrogens with zero attached hydrogens (tertiary/aromatic N) is 2. The molecule has 0 N–H and O–H groups in total. The Hall–Kier alpha value is -7.07. The second kappa shape index (κ2) is 22.3. The van der Waals surface area contributed by atoms with Gasteiger partial charge in [0.1, 0.15) is 0 Å². The van der Waals surface area contributed by atoms with Crippen molar-refractivity contribution >= 4 is 45.9 Å². The highest BCUT2D eigenvalue weighted by Gasteiger charge is 2.21. The molecule has 8 aromatic rings. The van der Waals surface area contributed by atoms with Crippen LogP contribution >= 0.6 is 11.8 Å². The fourth-order valence-corrected chi connectivity index (χ4v) is 8.08. The standard InChI is InChI=1S/C49H38N2S.C7H10.C2H6/c1-37-20-19-32-46(49(37)47-31-17-18-33-48(47)52-45-29-15-6-16-30-45)38-34-43(50(39-21-7-2-8-22-39)40-23-9-3-10-24-40)36-44(35-38)51(41-25-11-4-12-26-41)42-27-13-5-14-28-42;1-4-6-7(3)5-2;1-2/h2-36H,1H3;4-6H,1-2H2,3H3;1-2H3/b;7-6-;. The fraction of sp³-hybridized carbons (Fsp3) is 0.0690. The largest absolute Gasteiger partial charge is 0.310 e. The van der Waals surface area contributed by atoms with E-state index in [4.69, 9.17) is 0 Å². The van der Waals surface area contributed by atoms with Crippen LogP contribution in [0.2, 0.25) is 0 Å². The highest BCUT2D eigenvalue weighted by atomic mass is 32.2. The molecular formula is C58H54N2S. The molecule has 0 radical (unpaired) electrons. The van der Waals surface area contributed by atoms with Crippen molar-refractivity contribution in [3.05, 3.63) is 255 Å². The normalized spacial score (nSPS) is 10.6. The monoisotopic (exact) mass is 810 g/mol. The summed E-state index contributed by atoms with van der Waals surface area (Å²) in [5.74, 6) is 0. The molecule has 302 valence electrons. The van der Waals surface area contributed by atoms with Gasteiger partial charge in [0.15, 0.2) is 0 Å². The van der Waals surface area contributed by atoms with Crippen LogP contribution in [0.3, 0.4) is 0 Å². The molecule has 3 heteroatoms. The number of anilines is 6. The van der Waals surface area contributed by atoms with E-state index in [1.54, 1.807) is 12.2 Å². The first-order valence-electron chi connectivity index (χ1n) is 20.8. The molecule has 0 aliphatic heterocycles. The molecule has 0 amide bonds. The van der Waals surface area contributed by atoms with Gasteiger partial charge in [-0.3, -0.25) is 0 Å². The number of para-hydroxylation sites is 4. The predicted molar refractivity (Wildman–Crippen MR) is 267 cm³/mol. The average molecular weight is 811 g/mol. The molecular weight excluding hydrogens is 757 g/mol. The van der Waals surface area contributed by atoms with E-state index in [9.17, 15) is 0 Å². The van der Waals surface area contributed by atoms with Crippen LogP contribution in [0.5, 0.6) is 0 Å². The molecule has 0 fully saturated rings. The van der Waals surface area contributed by atoms with Gasteiger partial charge in [-0.1, -0.05) is 190 Å². The van der Waals surface area contributed by atoms with Crippen molar-refractivity contribution in [2.75, 3.05) is 9.80 Å². The van der Waals surface area contributed by atoms with Gasteiger partial charge >= 0.3 is 0 Å². The maximum atomic E-state index is 3.56.